The quantitative estimate of drug-likeness (QED) is 0.134. The van der Waals surface area contributed by atoms with Crippen molar-refractivity contribution in [2.45, 2.75) is 84.3 Å². The highest BCUT2D eigenvalue weighted by Crippen LogP contribution is 2.45. The van der Waals surface area contributed by atoms with Gasteiger partial charge in [-0.2, -0.15) is 10.4 Å². The SMILES string of the molecule is CCCCOC(=O)[C@H](C)N[PH](=O)OC[C@@]1(C#N)O[C@@H](c2ccc3c(N)ncnn23)[C@H](OC(=O)C(C)C)[C@@H]1OC(=O)C(C)C. The first kappa shape index (κ1) is 33.9. The van der Waals surface area contributed by atoms with E-state index in [1.165, 1.54) is 17.8 Å². The predicted octanol–water partition coefficient (Wildman–Crippen LogP) is 2.51. The van der Waals surface area contributed by atoms with Crippen LogP contribution in [0.4, 0.5) is 5.82 Å². The zero-order valence-corrected chi connectivity index (χ0v) is 26.1. The second-order valence-electron chi connectivity index (χ2n) is 10.8. The fourth-order valence-corrected chi connectivity index (χ4v) is 5.05. The molecule has 1 unspecified atom stereocenters. The molecular weight excluding hydrogens is 583 g/mol. The van der Waals surface area contributed by atoms with E-state index in [0.29, 0.717) is 17.6 Å². The molecule has 16 heteroatoms. The van der Waals surface area contributed by atoms with Crippen LogP contribution in [0.5, 0.6) is 0 Å². The molecule has 2 aromatic rings. The molecule has 0 amide bonds. The first-order chi connectivity index (χ1) is 20.3. The third-order valence-electron chi connectivity index (χ3n) is 6.67. The van der Waals surface area contributed by atoms with Crippen molar-refractivity contribution in [1.29, 1.82) is 5.26 Å². The number of carbonyl (C=O) groups excluding carboxylic acids is 3. The van der Waals surface area contributed by atoms with Gasteiger partial charge in [0.2, 0.25) is 5.60 Å². The summed E-state index contributed by atoms with van der Waals surface area (Å²) in [4.78, 5) is 41.9. The summed E-state index contributed by atoms with van der Waals surface area (Å²) in [5.74, 6) is -2.97. The summed E-state index contributed by atoms with van der Waals surface area (Å²) in [6.07, 6.45) is -1.30. The molecule has 3 rings (SSSR count). The van der Waals surface area contributed by atoms with Crippen LogP contribution in [0.25, 0.3) is 5.52 Å². The Morgan fingerprint density at radius 3 is 2.47 bits per heavy atom. The maximum absolute atomic E-state index is 12.9. The van der Waals surface area contributed by atoms with E-state index in [0.717, 1.165) is 6.42 Å². The first-order valence-corrected chi connectivity index (χ1v) is 15.3. The number of ether oxygens (including phenoxy) is 4. The van der Waals surface area contributed by atoms with Crippen LogP contribution in [-0.4, -0.2) is 69.6 Å². The number of esters is 3. The van der Waals surface area contributed by atoms with Crippen molar-refractivity contribution in [1.82, 2.24) is 19.7 Å². The van der Waals surface area contributed by atoms with Crippen LogP contribution in [0.15, 0.2) is 18.5 Å². The molecule has 0 saturated carbocycles. The van der Waals surface area contributed by atoms with Crippen molar-refractivity contribution < 1.29 is 42.4 Å². The Kier molecular flexibility index (Phi) is 11.6. The molecule has 15 nitrogen and oxygen atoms in total. The molecule has 0 aliphatic carbocycles. The third kappa shape index (κ3) is 7.88. The zero-order chi connectivity index (χ0) is 31.9. The van der Waals surface area contributed by atoms with E-state index in [1.54, 1.807) is 39.8 Å². The molecule has 3 N–H and O–H groups in total. The van der Waals surface area contributed by atoms with Crippen molar-refractivity contribution in [3.05, 3.63) is 24.2 Å². The van der Waals surface area contributed by atoms with E-state index in [-0.39, 0.29) is 12.4 Å². The Hall–Kier alpha value is -3.57. The number of rotatable bonds is 14. The molecule has 0 spiro atoms. The Labute approximate surface area is 250 Å². The lowest BCUT2D eigenvalue weighted by molar-refractivity contribution is -0.173. The van der Waals surface area contributed by atoms with Gasteiger partial charge in [0.15, 0.2) is 18.0 Å². The van der Waals surface area contributed by atoms with Gasteiger partial charge in [0.25, 0.3) is 8.18 Å². The molecule has 236 valence electrons. The molecule has 0 bridgehead atoms. The molecule has 1 fully saturated rings. The lowest BCUT2D eigenvalue weighted by Crippen LogP contribution is -2.50. The smallest absolute Gasteiger partial charge is 0.323 e. The molecule has 1 aliphatic heterocycles. The predicted molar refractivity (Wildman–Crippen MR) is 152 cm³/mol. The summed E-state index contributed by atoms with van der Waals surface area (Å²) in [6.45, 7) is 9.39. The lowest BCUT2D eigenvalue weighted by atomic mass is 9.95. The van der Waals surface area contributed by atoms with Gasteiger partial charge in [0.05, 0.1) is 24.1 Å². The number of nitrogens with one attached hydrogen (secondary N) is 1. The Morgan fingerprint density at radius 1 is 1.16 bits per heavy atom. The minimum atomic E-state index is -3.15. The van der Waals surface area contributed by atoms with Gasteiger partial charge in [-0.05, 0) is 25.5 Å². The normalized spacial score (nSPS) is 23.2. The highest BCUT2D eigenvalue weighted by molar-refractivity contribution is 7.36. The Morgan fingerprint density at radius 2 is 1.84 bits per heavy atom. The fourth-order valence-electron chi connectivity index (χ4n) is 4.15. The third-order valence-corrected chi connectivity index (χ3v) is 7.75. The van der Waals surface area contributed by atoms with E-state index in [1.807, 2.05) is 13.0 Å². The van der Waals surface area contributed by atoms with E-state index in [4.69, 9.17) is 29.2 Å². The highest BCUT2D eigenvalue weighted by Gasteiger charge is 2.62. The van der Waals surface area contributed by atoms with Crippen LogP contribution < -0.4 is 10.8 Å². The zero-order valence-electron chi connectivity index (χ0n) is 25.1. The maximum atomic E-state index is 12.9. The van der Waals surface area contributed by atoms with E-state index < -0.39 is 74.5 Å². The number of carbonyl (C=O) groups is 3. The number of hydrogen-bond acceptors (Lipinski definition) is 13. The Balaban J connectivity index is 1.97. The van der Waals surface area contributed by atoms with E-state index >= 15 is 0 Å². The minimum Gasteiger partial charge on any atom is -0.465 e. The van der Waals surface area contributed by atoms with Crippen LogP contribution in [0.3, 0.4) is 0 Å². The molecule has 43 heavy (non-hydrogen) atoms. The number of unbranched alkanes of at least 4 members (excludes halogenated alkanes) is 1. The summed E-state index contributed by atoms with van der Waals surface area (Å²) < 4.78 is 42.7. The standard InChI is InChI=1S/C27H39N6O9P/c1-7-8-11-38-26(36)17(6)32-43(37)39-13-27(12-28)22(41-25(35)16(4)5)21(40-24(34)15(2)3)20(42-27)18-9-10-19-23(29)30-14-31-33(18)19/h9-10,14-17,20-22,43H,7-8,11,13H2,1-6H3,(H,32,37)(H2,29,30,31)/t17-,20-,21-,22-,27+/m0/s1. The fraction of sp³-hybridized carbons (Fsp3) is 0.630. The summed E-state index contributed by atoms with van der Waals surface area (Å²) >= 11 is 0. The van der Waals surface area contributed by atoms with Gasteiger partial charge in [0.1, 0.15) is 36.7 Å². The molecular formula is C27H39N6O9P. The van der Waals surface area contributed by atoms with Crippen molar-refractivity contribution in [3.8, 4) is 6.07 Å². The van der Waals surface area contributed by atoms with Crippen LogP contribution >= 0.6 is 8.18 Å². The number of nitrogens with two attached hydrogens (primary N) is 1. The van der Waals surface area contributed by atoms with Crippen molar-refractivity contribution in [3.63, 3.8) is 0 Å². The molecule has 6 atom stereocenters. The van der Waals surface area contributed by atoms with Crippen molar-refractivity contribution >= 4 is 37.4 Å². The number of nitriles is 1. The summed E-state index contributed by atoms with van der Waals surface area (Å²) in [5.41, 5.74) is 4.65. The van der Waals surface area contributed by atoms with Crippen LogP contribution in [0.2, 0.25) is 0 Å². The first-order valence-electron chi connectivity index (χ1n) is 14.0. The van der Waals surface area contributed by atoms with Gasteiger partial charge in [-0.15, -0.1) is 0 Å². The van der Waals surface area contributed by atoms with Crippen LogP contribution in [-0.2, 0) is 42.4 Å². The molecule has 1 saturated heterocycles. The minimum absolute atomic E-state index is 0.166. The highest BCUT2D eigenvalue weighted by atomic mass is 31.1. The topological polar surface area (TPSA) is 206 Å². The van der Waals surface area contributed by atoms with Crippen LogP contribution in [0.1, 0.15) is 66.2 Å². The molecule has 0 aromatic carbocycles. The van der Waals surface area contributed by atoms with Gasteiger partial charge in [-0.25, -0.2) is 14.6 Å². The van der Waals surface area contributed by atoms with E-state index in [9.17, 15) is 24.2 Å². The largest absolute Gasteiger partial charge is 0.465 e. The number of anilines is 1. The van der Waals surface area contributed by atoms with E-state index in [2.05, 4.69) is 15.2 Å². The number of nitrogens with zero attached hydrogens (tertiary/aromatic N) is 4. The van der Waals surface area contributed by atoms with Gasteiger partial charge in [-0.1, -0.05) is 41.0 Å². The number of fused-ring (bicyclic) bond motifs is 1. The molecule has 0 radical (unpaired) electrons. The average Bonchev–Trinajstić information content (AvgIpc) is 3.52. The van der Waals surface area contributed by atoms with Crippen LogP contribution in [0, 0.1) is 23.2 Å². The summed E-state index contributed by atoms with van der Waals surface area (Å²) in [5, 5.41) is 17.2. The number of nitrogen functional groups attached to an aromatic ring is 1. The molecule has 1 aliphatic rings. The van der Waals surface area contributed by atoms with Crippen molar-refractivity contribution in [2.24, 2.45) is 11.8 Å². The monoisotopic (exact) mass is 622 g/mol. The van der Waals surface area contributed by atoms with Gasteiger partial charge in [-0.3, -0.25) is 18.9 Å². The molecule has 3 heterocycles. The van der Waals surface area contributed by atoms with Crippen molar-refractivity contribution in [2.75, 3.05) is 18.9 Å². The van der Waals surface area contributed by atoms with Gasteiger partial charge < -0.3 is 29.2 Å². The second kappa shape index (κ2) is 14.7. The average molecular weight is 623 g/mol. The Bertz CT molecular complexity index is 1380. The lowest BCUT2D eigenvalue weighted by Gasteiger charge is -2.29. The maximum Gasteiger partial charge on any atom is 0.323 e. The second-order valence-corrected chi connectivity index (χ2v) is 11.9. The molecule has 2 aromatic heterocycles. The number of aromatic nitrogens is 3. The summed E-state index contributed by atoms with van der Waals surface area (Å²) in [6, 6.07) is 4.26. The van der Waals surface area contributed by atoms with Gasteiger partial charge in [0, 0.05) is 0 Å². The summed E-state index contributed by atoms with van der Waals surface area (Å²) in [7, 11) is -3.15. The van der Waals surface area contributed by atoms with Gasteiger partial charge >= 0.3 is 17.9 Å². The number of hydrogen-bond donors (Lipinski definition) is 2.